The first kappa shape index (κ1) is 8.22. The Hall–Kier alpha value is 0.220. The van der Waals surface area contributed by atoms with Gasteiger partial charge in [0.15, 0.2) is 0 Å². The van der Waals surface area contributed by atoms with Gasteiger partial charge in [0.2, 0.25) is 0 Å². The van der Waals surface area contributed by atoms with Gasteiger partial charge in [0.1, 0.15) is 0 Å². The maximum atomic E-state index is 9.69. The smallest absolute Gasteiger partial charge is 0.264 e. The van der Waals surface area contributed by atoms with Crippen LogP contribution in [0.25, 0.3) is 0 Å². The fourth-order valence-electron chi connectivity index (χ4n) is 0.143. The van der Waals surface area contributed by atoms with Crippen molar-refractivity contribution < 1.29 is 17.2 Å². The van der Waals surface area contributed by atoms with E-state index in [1.54, 1.807) is 0 Å². The van der Waals surface area contributed by atoms with Crippen LogP contribution in [0, 0.1) is 0 Å². The Labute approximate surface area is 53.2 Å². The summed E-state index contributed by atoms with van der Waals surface area (Å²) in [6, 6.07) is 0. The SMILES string of the molecule is O=S(=O)(O)OCCS. The summed E-state index contributed by atoms with van der Waals surface area (Å²) < 4.78 is 31.1. The van der Waals surface area contributed by atoms with E-state index >= 15 is 0 Å². The molecule has 0 saturated carbocycles. The molecule has 0 aromatic rings. The molecule has 0 aliphatic heterocycles. The van der Waals surface area contributed by atoms with Gasteiger partial charge in [-0.15, -0.1) is 0 Å². The summed E-state index contributed by atoms with van der Waals surface area (Å²) in [6.45, 7) is -0.0953. The minimum absolute atomic E-state index is 0.0953. The van der Waals surface area contributed by atoms with E-state index in [0.717, 1.165) is 0 Å². The lowest BCUT2D eigenvalue weighted by atomic mass is 10.9. The van der Waals surface area contributed by atoms with Crippen molar-refractivity contribution in [2.45, 2.75) is 0 Å². The third-order valence-electron chi connectivity index (χ3n) is 0.324. The zero-order chi connectivity index (χ0) is 6.62. The zero-order valence-corrected chi connectivity index (χ0v) is 5.65. The van der Waals surface area contributed by atoms with Gasteiger partial charge in [-0.05, 0) is 0 Å². The molecule has 0 amide bonds. The molecular weight excluding hydrogens is 152 g/mol. The largest absolute Gasteiger partial charge is 0.397 e. The van der Waals surface area contributed by atoms with Crippen molar-refractivity contribution in [2.24, 2.45) is 0 Å². The third kappa shape index (κ3) is 6.22. The van der Waals surface area contributed by atoms with Crippen molar-refractivity contribution in [3.8, 4) is 0 Å². The van der Waals surface area contributed by atoms with Gasteiger partial charge >= 0.3 is 10.4 Å². The summed E-state index contributed by atoms with van der Waals surface area (Å²) >= 11 is 3.63. The van der Waals surface area contributed by atoms with Crippen LogP contribution in [-0.2, 0) is 14.6 Å². The molecule has 0 unspecified atom stereocenters. The van der Waals surface area contributed by atoms with E-state index in [-0.39, 0.29) is 12.4 Å². The molecule has 0 radical (unpaired) electrons. The van der Waals surface area contributed by atoms with E-state index in [2.05, 4.69) is 16.8 Å². The second-order valence-corrected chi connectivity index (χ2v) is 2.51. The minimum Gasteiger partial charge on any atom is -0.264 e. The van der Waals surface area contributed by atoms with Gasteiger partial charge in [-0.3, -0.25) is 4.55 Å². The Kier molecular flexibility index (Phi) is 3.38. The Morgan fingerprint density at radius 2 is 2.12 bits per heavy atom. The molecule has 50 valence electrons. The second-order valence-electron chi connectivity index (χ2n) is 0.973. The normalized spacial score (nSPS) is 11.8. The topological polar surface area (TPSA) is 63.6 Å². The molecule has 6 heteroatoms. The van der Waals surface area contributed by atoms with Gasteiger partial charge in [0.25, 0.3) is 0 Å². The van der Waals surface area contributed by atoms with E-state index in [0.29, 0.717) is 0 Å². The molecule has 0 bridgehead atoms. The molecule has 1 N–H and O–H groups in total. The van der Waals surface area contributed by atoms with E-state index in [1.165, 1.54) is 0 Å². The highest BCUT2D eigenvalue weighted by Crippen LogP contribution is 1.85. The average molecular weight is 158 g/mol. The molecule has 0 heterocycles. The van der Waals surface area contributed by atoms with Crippen LogP contribution in [0.3, 0.4) is 0 Å². The van der Waals surface area contributed by atoms with Crippen LogP contribution in [-0.4, -0.2) is 25.3 Å². The first-order valence-corrected chi connectivity index (χ1v) is 3.79. The molecule has 0 aromatic heterocycles. The predicted molar refractivity (Wildman–Crippen MR) is 31.4 cm³/mol. The quantitative estimate of drug-likeness (QED) is 0.438. The maximum absolute atomic E-state index is 9.69. The number of thiol groups is 1. The number of hydrogen-bond donors (Lipinski definition) is 2. The van der Waals surface area contributed by atoms with Crippen LogP contribution in [0.5, 0.6) is 0 Å². The highest BCUT2D eigenvalue weighted by molar-refractivity contribution is 7.81. The van der Waals surface area contributed by atoms with Crippen LogP contribution >= 0.6 is 12.6 Å². The van der Waals surface area contributed by atoms with Crippen molar-refractivity contribution in [3.05, 3.63) is 0 Å². The second kappa shape index (κ2) is 3.29. The lowest BCUT2D eigenvalue weighted by molar-refractivity contribution is 0.285. The van der Waals surface area contributed by atoms with Gasteiger partial charge in [-0.2, -0.15) is 21.0 Å². The Bertz CT molecular complexity index is 136. The molecule has 0 aliphatic carbocycles. The van der Waals surface area contributed by atoms with Gasteiger partial charge in [-0.25, -0.2) is 4.18 Å². The maximum Gasteiger partial charge on any atom is 0.397 e. The van der Waals surface area contributed by atoms with E-state index < -0.39 is 10.4 Å². The molecule has 0 aliphatic rings. The minimum atomic E-state index is -4.24. The van der Waals surface area contributed by atoms with Gasteiger partial charge in [-0.1, -0.05) is 0 Å². The fourth-order valence-corrected chi connectivity index (χ4v) is 0.651. The molecule has 8 heavy (non-hydrogen) atoms. The predicted octanol–water partition coefficient (Wildman–Crippen LogP) is -0.264. The standard InChI is InChI=1S/C2H6O4S2/c3-8(4,5)6-1-2-7/h7H,1-2H2,(H,3,4,5). The average Bonchev–Trinajstić information content (AvgIpc) is 1.59. The Balaban J connectivity index is 3.42. The van der Waals surface area contributed by atoms with Crippen LogP contribution in [0.1, 0.15) is 0 Å². The molecule has 0 fully saturated rings. The monoisotopic (exact) mass is 158 g/mol. The van der Waals surface area contributed by atoms with Crippen LogP contribution in [0.15, 0.2) is 0 Å². The summed E-state index contributed by atoms with van der Waals surface area (Å²) in [5.41, 5.74) is 0. The first-order valence-electron chi connectivity index (χ1n) is 1.79. The molecule has 0 rings (SSSR count). The van der Waals surface area contributed by atoms with Gasteiger partial charge < -0.3 is 0 Å². The third-order valence-corrected chi connectivity index (χ3v) is 0.971. The summed E-state index contributed by atoms with van der Waals surface area (Å²) in [6.07, 6.45) is 0. The highest BCUT2D eigenvalue weighted by atomic mass is 32.3. The summed E-state index contributed by atoms with van der Waals surface area (Å²) in [5.74, 6) is 0.264. The van der Waals surface area contributed by atoms with Crippen molar-refractivity contribution in [1.29, 1.82) is 0 Å². The van der Waals surface area contributed by atoms with Gasteiger partial charge in [0, 0.05) is 5.75 Å². The number of rotatable bonds is 3. The molecule has 0 aromatic carbocycles. The fraction of sp³-hybridized carbons (Fsp3) is 1.00. The van der Waals surface area contributed by atoms with E-state index in [9.17, 15) is 8.42 Å². The first-order chi connectivity index (χ1) is 3.56. The van der Waals surface area contributed by atoms with Crippen LogP contribution in [0.2, 0.25) is 0 Å². The Morgan fingerprint density at radius 3 is 2.25 bits per heavy atom. The summed E-state index contributed by atoms with van der Waals surface area (Å²) in [7, 11) is -4.24. The van der Waals surface area contributed by atoms with Gasteiger partial charge in [0.05, 0.1) is 6.61 Å². The van der Waals surface area contributed by atoms with Crippen LogP contribution in [0.4, 0.5) is 0 Å². The number of hydrogen-bond acceptors (Lipinski definition) is 4. The highest BCUT2D eigenvalue weighted by Gasteiger charge is 2.00. The van der Waals surface area contributed by atoms with E-state index in [4.69, 9.17) is 4.55 Å². The summed E-state index contributed by atoms with van der Waals surface area (Å²) in [5, 5.41) is 0. The van der Waals surface area contributed by atoms with Crippen molar-refractivity contribution in [1.82, 2.24) is 0 Å². The lowest BCUT2D eigenvalue weighted by Crippen LogP contribution is -2.05. The lowest BCUT2D eigenvalue weighted by Gasteiger charge is -1.92. The molecule has 0 atom stereocenters. The van der Waals surface area contributed by atoms with Crippen LogP contribution < -0.4 is 0 Å². The molecule has 4 nitrogen and oxygen atoms in total. The van der Waals surface area contributed by atoms with Crippen molar-refractivity contribution >= 4 is 23.0 Å². The molecule has 0 saturated heterocycles. The Morgan fingerprint density at radius 1 is 1.62 bits per heavy atom. The van der Waals surface area contributed by atoms with E-state index in [1.807, 2.05) is 0 Å². The zero-order valence-electron chi connectivity index (χ0n) is 3.94. The molecule has 0 spiro atoms. The summed E-state index contributed by atoms with van der Waals surface area (Å²) in [4.78, 5) is 0. The van der Waals surface area contributed by atoms with Crippen molar-refractivity contribution in [2.75, 3.05) is 12.4 Å². The molecular formula is C2H6O4S2. The van der Waals surface area contributed by atoms with Crippen molar-refractivity contribution in [3.63, 3.8) is 0 Å².